The molecule has 1 saturated carbocycles. The Hall–Kier alpha value is -1.62. The van der Waals surface area contributed by atoms with Crippen LogP contribution in [0, 0.1) is 4.77 Å². The first kappa shape index (κ1) is 10.5. The van der Waals surface area contributed by atoms with Gasteiger partial charge in [-0.2, -0.15) is 0 Å². The summed E-state index contributed by atoms with van der Waals surface area (Å²) in [4.78, 5) is 15.5. The molecular weight excluding hydrogens is 234 g/mol. The molecule has 0 aliphatic heterocycles. The van der Waals surface area contributed by atoms with Crippen LogP contribution in [0.3, 0.4) is 0 Å². The molecule has 2 aromatic rings. The average Bonchev–Trinajstić information content (AvgIpc) is 2.21. The summed E-state index contributed by atoms with van der Waals surface area (Å²) in [5, 5.41) is 0.549. The molecule has 1 aromatic carbocycles. The summed E-state index contributed by atoms with van der Waals surface area (Å²) in [6, 6.07) is 5.63. The Kier molecular flexibility index (Phi) is 2.29. The van der Waals surface area contributed by atoms with Crippen LogP contribution in [0.4, 0.5) is 5.69 Å². The highest BCUT2D eigenvalue weighted by Gasteiger charge is 2.22. The van der Waals surface area contributed by atoms with Gasteiger partial charge in [-0.25, -0.2) is 0 Å². The number of anilines is 1. The number of H-pyrrole nitrogens is 1. The Morgan fingerprint density at radius 2 is 2.18 bits per heavy atom. The Morgan fingerprint density at radius 1 is 1.41 bits per heavy atom. The molecule has 0 atom stereocenters. The van der Waals surface area contributed by atoms with Gasteiger partial charge in [0.2, 0.25) is 0 Å². The van der Waals surface area contributed by atoms with E-state index in [-0.39, 0.29) is 11.6 Å². The Morgan fingerprint density at radius 3 is 2.82 bits per heavy atom. The second-order valence-corrected chi connectivity index (χ2v) is 4.85. The highest BCUT2D eigenvalue weighted by Crippen LogP contribution is 2.31. The number of nitrogen functional groups attached to an aromatic ring is 1. The van der Waals surface area contributed by atoms with E-state index in [0.29, 0.717) is 15.8 Å². The first-order valence-electron chi connectivity index (χ1n) is 5.71. The van der Waals surface area contributed by atoms with Gasteiger partial charge in [-0.1, -0.05) is 6.07 Å². The van der Waals surface area contributed by atoms with Crippen molar-refractivity contribution >= 4 is 28.8 Å². The molecular formula is C12H13N3OS. The Bertz CT molecular complexity index is 697. The minimum atomic E-state index is -0.0634. The van der Waals surface area contributed by atoms with Gasteiger partial charge in [-0.15, -0.1) is 0 Å². The smallest absolute Gasteiger partial charge is 0.264 e. The number of nitrogens with two attached hydrogens (primary N) is 1. The number of rotatable bonds is 1. The zero-order valence-corrected chi connectivity index (χ0v) is 10.1. The third kappa shape index (κ3) is 1.50. The van der Waals surface area contributed by atoms with Crippen LogP contribution in [0.5, 0.6) is 0 Å². The maximum Gasteiger partial charge on any atom is 0.264 e. The molecule has 4 nitrogen and oxygen atoms in total. The van der Waals surface area contributed by atoms with Crippen molar-refractivity contribution in [2.24, 2.45) is 0 Å². The lowest BCUT2D eigenvalue weighted by molar-refractivity contribution is 0.302. The Balaban J connectivity index is 2.41. The van der Waals surface area contributed by atoms with E-state index in [1.54, 1.807) is 10.6 Å². The van der Waals surface area contributed by atoms with Crippen LogP contribution in [0.25, 0.3) is 10.9 Å². The van der Waals surface area contributed by atoms with Crippen molar-refractivity contribution in [2.75, 3.05) is 5.73 Å². The van der Waals surface area contributed by atoms with E-state index in [0.717, 1.165) is 24.8 Å². The summed E-state index contributed by atoms with van der Waals surface area (Å²) in [5.74, 6) is 0. The highest BCUT2D eigenvalue weighted by atomic mass is 32.1. The standard InChI is InChI=1S/C12H13N3OS/c13-8-5-2-6-9-10(8)11(16)15(12(17)14-9)7-3-1-4-7/h2,5-7H,1,3-4,13H2,(H,14,17). The van der Waals surface area contributed by atoms with Gasteiger partial charge in [0.05, 0.1) is 10.9 Å². The number of hydrogen-bond acceptors (Lipinski definition) is 3. The van der Waals surface area contributed by atoms with Crippen molar-refractivity contribution in [3.8, 4) is 0 Å². The van der Waals surface area contributed by atoms with E-state index in [4.69, 9.17) is 18.0 Å². The fraction of sp³-hybridized carbons (Fsp3) is 0.333. The molecule has 3 rings (SSSR count). The van der Waals surface area contributed by atoms with E-state index in [1.165, 1.54) is 0 Å². The largest absolute Gasteiger partial charge is 0.398 e. The van der Waals surface area contributed by atoms with E-state index in [2.05, 4.69) is 4.98 Å². The van der Waals surface area contributed by atoms with Gasteiger partial charge >= 0.3 is 0 Å². The SMILES string of the molecule is Nc1cccc2[nH]c(=S)n(C3CCC3)c(=O)c12. The third-order valence-electron chi connectivity index (χ3n) is 3.43. The lowest BCUT2D eigenvalue weighted by Gasteiger charge is -2.27. The monoisotopic (exact) mass is 247 g/mol. The zero-order valence-electron chi connectivity index (χ0n) is 9.27. The molecule has 1 aliphatic carbocycles. The maximum atomic E-state index is 12.4. The van der Waals surface area contributed by atoms with Gasteiger partial charge in [0.25, 0.3) is 5.56 Å². The molecule has 1 aromatic heterocycles. The van der Waals surface area contributed by atoms with Gasteiger partial charge in [-0.05, 0) is 43.6 Å². The topological polar surface area (TPSA) is 63.8 Å². The molecule has 1 heterocycles. The molecule has 1 fully saturated rings. The predicted molar refractivity (Wildman–Crippen MR) is 70.7 cm³/mol. The molecule has 0 unspecified atom stereocenters. The Labute approximate surface area is 103 Å². The summed E-state index contributed by atoms with van der Waals surface area (Å²) in [6.07, 6.45) is 3.21. The molecule has 88 valence electrons. The predicted octanol–water partition coefficient (Wildman–Crippen LogP) is 2.37. The number of hydrogen-bond donors (Lipinski definition) is 2. The molecule has 3 N–H and O–H groups in total. The molecule has 0 amide bonds. The van der Waals surface area contributed by atoms with E-state index in [9.17, 15) is 4.79 Å². The quantitative estimate of drug-likeness (QED) is 0.600. The van der Waals surface area contributed by atoms with Crippen molar-refractivity contribution in [1.82, 2.24) is 9.55 Å². The van der Waals surface area contributed by atoms with Crippen LogP contribution < -0.4 is 11.3 Å². The van der Waals surface area contributed by atoms with E-state index < -0.39 is 0 Å². The molecule has 0 bridgehead atoms. The van der Waals surface area contributed by atoms with Crippen LogP contribution in [-0.4, -0.2) is 9.55 Å². The van der Waals surface area contributed by atoms with Crippen LogP contribution in [0.1, 0.15) is 25.3 Å². The van der Waals surface area contributed by atoms with Crippen LogP contribution in [0.2, 0.25) is 0 Å². The summed E-state index contributed by atoms with van der Waals surface area (Å²) < 4.78 is 2.18. The summed E-state index contributed by atoms with van der Waals surface area (Å²) >= 11 is 5.25. The lowest BCUT2D eigenvalue weighted by Crippen LogP contribution is -2.30. The lowest BCUT2D eigenvalue weighted by atomic mass is 9.93. The van der Waals surface area contributed by atoms with E-state index in [1.807, 2.05) is 12.1 Å². The molecule has 0 saturated heterocycles. The van der Waals surface area contributed by atoms with Crippen molar-refractivity contribution in [2.45, 2.75) is 25.3 Å². The maximum absolute atomic E-state index is 12.4. The number of aromatic amines is 1. The van der Waals surface area contributed by atoms with Crippen LogP contribution in [0.15, 0.2) is 23.0 Å². The average molecular weight is 247 g/mol. The van der Waals surface area contributed by atoms with Gasteiger partial charge in [0.15, 0.2) is 4.77 Å². The van der Waals surface area contributed by atoms with E-state index >= 15 is 0 Å². The van der Waals surface area contributed by atoms with Crippen molar-refractivity contribution < 1.29 is 0 Å². The van der Waals surface area contributed by atoms with Crippen molar-refractivity contribution in [3.05, 3.63) is 33.3 Å². The highest BCUT2D eigenvalue weighted by molar-refractivity contribution is 7.71. The number of fused-ring (bicyclic) bond motifs is 1. The summed E-state index contributed by atoms with van der Waals surface area (Å²) in [7, 11) is 0. The molecule has 0 radical (unpaired) electrons. The second kappa shape index (κ2) is 3.70. The van der Waals surface area contributed by atoms with Gasteiger partial charge in [-0.3, -0.25) is 9.36 Å². The second-order valence-electron chi connectivity index (χ2n) is 4.46. The first-order valence-corrected chi connectivity index (χ1v) is 6.12. The number of nitrogens with one attached hydrogen (secondary N) is 1. The van der Waals surface area contributed by atoms with Crippen molar-refractivity contribution in [3.63, 3.8) is 0 Å². The summed E-state index contributed by atoms with van der Waals surface area (Å²) in [6.45, 7) is 0. The minimum absolute atomic E-state index is 0.0634. The molecule has 17 heavy (non-hydrogen) atoms. The van der Waals surface area contributed by atoms with Gasteiger partial charge in [0.1, 0.15) is 0 Å². The third-order valence-corrected chi connectivity index (χ3v) is 3.73. The minimum Gasteiger partial charge on any atom is -0.398 e. The number of nitrogens with zero attached hydrogens (tertiary/aromatic N) is 1. The molecule has 5 heteroatoms. The van der Waals surface area contributed by atoms with Gasteiger partial charge < -0.3 is 10.7 Å². The summed E-state index contributed by atoms with van der Waals surface area (Å²) in [5.41, 5.74) is 7.03. The fourth-order valence-corrected chi connectivity index (χ4v) is 2.62. The zero-order chi connectivity index (χ0) is 12.0. The van der Waals surface area contributed by atoms with Crippen LogP contribution in [-0.2, 0) is 0 Å². The van der Waals surface area contributed by atoms with Gasteiger partial charge in [0, 0.05) is 11.7 Å². The molecule has 1 aliphatic rings. The van der Waals surface area contributed by atoms with Crippen LogP contribution >= 0.6 is 12.2 Å². The number of aromatic nitrogens is 2. The number of benzene rings is 1. The molecule has 0 spiro atoms. The van der Waals surface area contributed by atoms with Crippen molar-refractivity contribution in [1.29, 1.82) is 0 Å². The normalized spacial score (nSPS) is 16.0. The first-order chi connectivity index (χ1) is 8.18. The fourth-order valence-electron chi connectivity index (χ4n) is 2.28.